The molecule has 1 aliphatic heterocycles. The molecule has 3 aromatic rings. The van der Waals surface area contributed by atoms with Gasteiger partial charge in [-0.25, -0.2) is 4.68 Å². The van der Waals surface area contributed by atoms with E-state index < -0.39 is 0 Å². The second-order valence-corrected chi connectivity index (χ2v) is 7.87. The van der Waals surface area contributed by atoms with Crippen molar-refractivity contribution in [2.45, 2.75) is 13.0 Å². The Morgan fingerprint density at radius 3 is 2.47 bits per heavy atom. The molecule has 0 aliphatic carbocycles. The third-order valence-corrected chi connectivity index (χ3v) is 5.55. The average Bonchev–Trinajstić information content (AvgIpc) is 3.22. The Labute approximate surface area is 181 Å². The van der Waals surface area contributed by atoms with E-state index in [0.717, 1.165) is 29.9 Å². The normalized spacial score (nSPS) is 15.7. The standard InChI is InChI=1S/C23H25ClN4O2/c1-17-14-26-28(16-17)21-8-4-19(5-9-21)23(29)25-15-22(27-10-12-30-13-11-27)18-2-6-20(24)7-3-18/h2-9,14,16,22H,10-13,15H2,1H3,(H,25,29). The number of aryl methyl sites for hydroxylation is 1. The summed E-state index contributed by atoms with van der Waals surface area (Å²) in [6, 6.07) is 15.4. The van der Waals surface area contributed by atoms with Crippen LogP contribution in [0.15, 0.2) is 60.9 Å². The van der Waals surface area contributed by atoms with Crippen molar-refractivity contribution in [3.8, 4) is 5.69 Å². The summed E-state index contributed by atoms with van der Waals surface area (Å²) >= 11 is 6.06. The number of aromatic nitrogens is 2. The Morgan fingerprint density at radius 2 is 1.83 bits per heavy atom. The van der Waals surface area contributed by atoms with Crippen molar-refractivity contribution in [3.63, 3.8) is 0 Å². The topological polar surface area (TPSA) is 59.4 Å². The van der Waals surface area contributed by atoms with Crippen molar-refractivity contribution in [3.05, 3.63) is 82.6 Å². The summed E-state index contributed by atoms with van der Waals surface area (Å²) in [5, 5.41) is 8.10. The van der Waals surface area contributed by atoms with Gasteiger partial charge in [0, 0.05) is 36.4 Å². The lowest BCUT2D eigenvalue weighted by molar-refractivity contribution is 0.0162. The van der Waals surface area contributed by atoms with Crippen molar-refractivity contribution < 1.29 is 9.53 Å². The highest BCUT2D eigenvalue weighted by molar-refractivity contribution is 6.30. The molecule has 1 fully saturated rings. The maximum Gasteiger partial charge on any atom is 0.251 e. The predicted octanol–water partition coefficient (Wildman–Crippen LogP) is 3.64. The zero-order chi connectivity index (χ0) is 20.9. The van der Waals surface area contributed by atoms with Gasteiger partial charge >= 0.3 is 0 Å². The highest BCUT2D eigenvalue weighted by Gasteiger charge is 2.23. The van der Waals surface area contributed by atoms with E-state index in [-0.39, 0.29) is 11.9 Å². The Morgan fingerprint density at radius 1 is 1.13 bits per heavy atom. The van der Waals surface area contributed by atoms with Gasteiger partial charge < -0.3 is 10.1 Å². The van der Waals surface area contributed by atoms with E-state index in [2.05, 4.69) is 15.3 Å². The molecule has 2 aromatic carbocycles. The second-order valence-electron chi connectivity index (χ2n) is 7.43. The highest BCUT2D eigenvalue weighted by atomic mass is 35.5. The van der Waals surface area contributed by atoms with E-state index in [1.54, 1.807) is 4.68 Å². The van der Waals surface area contributed by atoms with Crippen LogP contribution in [-0.4, -0.2) is 53.4 Å². The lowest BCUT2D eigenvalue weighted by Crippen LogP contribution is -2.43. The summed E-state index contributed by atoms with van der Waals surface area (Å²) in [4.78, 5) is 15.1. The van der Waals surface area contributed by atoms with Gasteiger partial charge in [-0.2, -0.15) is 5.10 Å². The Hall–Kier alpha value is -2.67. The Bertz CT molecular complexity index is 979. The van der Waals surface area contributed by atoms with Gasteiger partial charge in [0.1, 0.15) is 0 Å². The summed E-state index contributed by atoms with van der Waals surface area (Å²) < 4.78 is 7.29. The number of amides is 1. The van der Waals surface area contributed by atoms with E-state index in [1.165, 1.54) is 0 Å². The number of carbonyl (C=O) groups is 1. The molecule has 7 heteroatoms. The third-order valence-electron chi connectivity index (χ3n) is 5.30. The van der Waals surface area contributed by atoms with Crippen LogP contribution < -0.4 is 5.32 Å². The highest BCUT2D eigenvalue weighted by Crippen LogP contribution is 2.23. The number of benzene rings is 2. The molecule has 1 N–H and O–H groups in total. The van der Waals surface area contributed by atoms with Gasteiger partial charge in [-0.3, -0.25) is 9.69 Å². The Balaban J connectivity index is 1.44. The molecule has 4 rings (SSSR count). The molecule has 30 heavy (non-hydrogen) atoms. The van der Waals surface area contributed by atoms with E-state index in [9.17, 15) is 4.79 Å². The maximum absolute atomic E-state index is 12.8. The summed E-state index contributed by atoms with van der Waals surface area (Å²) in [6.07, 6.45) is 3.76. The molecule has 0 radical (unpaired) electrons. The van der Waals surface area contributed by atoms with E-state index in [0.29, 0.717) is 30.3 Å². The minimum Gasteiger partial charge on any atom is -0.379 e. The number of morpholine rings is 1. The summed E-state index contributed by atoms with van der Waals surface area (Å²) in [5.74, 6) is -0.0922. The van der Waals surface area contributed by atoms with Crippen LogP contribution in [0.25, 0.3) is 5.69 Å². The fourth-order valence-electron chi connectivity index (χ4n) is 3.64. The van der Waals surface area contributed by atoms with Crippen molar-refractivity contribution in [2.75, 3.05) is 32.8 Å². The van der Waals surface area contributed by atoms with Crippen molar-refractivity contribution >= 4 is 17.5 Å². The SMILES string of the molecule is Cc1cnn(-c2ccc(C(=O)NCC(c3ccc(Cl)cc3)N3CCOCC3)cc2)c1. The van der Waals surface area contributed by atoms with Crippen molar-refractivity contribution in [1.82, 2.24) is 20.0 Å². The molecule has 6 nitrogen and oxygen atoms in total. The molecule has 156 valence electrons. The lowest BCUT2D eigenvalue weighted by Gasteiger charge is -2.35. The van der Waals surface area contributed by atoms with Gasteiger partial charge in [-0.15, -0.1) is 0 Å². The van der Waals surface area contributed by atoms with Gasteiger partial charge in [0.15, 0.2) is 0 Å². The number of halogens is 1. The predicted molar refractivity (Wildman–Crippen MR) is 117 cm³/mol. The minimum absolute atomic E-state index is 0.0708. The fourth-order valence-corrected chi connectivity index (χ4v) is 3.77. The quantitative estimate of drug-likeness (QED) is 0.656. The average molecular weight is 425 g/mol. The first-order chi connectivity index (χ1) is 14.6. The smallest absolute Gasteiger partial charge is 0.251 e. The van der Waals surface area contributed by atoms with Crippen LogP contribution in [0, 0.1) is 6.92 Å². The van der Waals surface area contributed by atoms with E-state index >= 15 is 0 Å². The molecule has 1 aliphatic rings. The van der Waals surface area contributed by atoms with Crippen LogP contribution in [0.5, 0.6) is 0 Å². The molecular formula is C23H25ClN4O2. The van der Waals surface area contributed by atoms with Crippen LogP contribution in [0.1, 0.15) is 27.5 Å². The zero-order valence-corrected chi connectivity index (χ0v) is 17.7. The van der Waals surface area contributed by atoms with Crippen LogP contribution in [0.3, 0.4) is 0 Å². The van der Waals surface area contributed by atoms with Crippen LogP contribution in [-0.2, 0) is 4.74 Å². The first-order valence-electron chi connectivity index (χ1n) is 10.1. The van der Waals surface area contributed by atoms with Crippen LogP contribution in [0.2, 0.25) is 5.02 Å². The Kier molecular flexibility index (Phi) is 6.47. The number of nitrogens with one attached hydrogen (secondary N) is 1. The molecule has 1 unspecified atom stereocenters. The number of nitrogens with zero attached hydrogens (tertiary/aromatic N) is 3. The molecule has 1 amide bonds. The van der Waals surface area contributed by atoms with E-state index in [1.807, 2.05) is 67.8 Å². The molecule has 2 heterocycles. The number of hydrogen-bond acceptors (Lipinski definition) is 4. The van der Waals surface area contributed by atoms with Crippen LogP contribution >= 0.6 is 11.6 Å². The second kappa shape index (κ2) is 9.43. The zero-order valence-electron chi connectivity index (χ0n) is 16.9. The number of carbonyl (C=O) groups excluding carboxylic acids is 1. The molecule has 1 atom stereocenters. The monoisotopic (exact) mass is 424 g/mol. The first-order valence-corrected chi connectivity index (χ1v) is 10.4. The third kappa shape index (κ3) is 4.90. The van der Waals surface area contributed by atoms with Gasteiger partial charge in [-0.05, 0) is 54.4 Å². The van der Waals surface area contributed by atoms with Crippen molar-refractivity contribution in [1.29, 1.82) is 0 Å². The van der Waals surface area contributed by atoms with Gasteiger partial charge in [0.25, 0.3) is 5.91 Å². The molecule has 0 saturated carbocycles. The molecule has 0 spiro atoms. The van der Waals surface area contributed by atoms with Crippen molar-refractivity contribution in [2.24, 2.45) is 0 Å². The van der Waals surface area contributed by atoms with Gasteiger partial charge in [0.05, 0.1) is 31.1 Å². The molecule has 1 saturated heterocycles. The van der Waals surface area contributed by atoms with E-state index in [4.69, 9.17) is 16.3 Å². The minimum atomic E-state index is -0.0922. The van der Waals surface area contributed by atoms with Gasteiger partial charge in [-0.1, -0.05) is 23.7 Å². The van der Waals surface area contributed by atoms with Gasteiger partial charge in [0.2, 0.25) is 0 Å². The molecular weight excluding hydrogens is 400 g/mol. The first kappa shape index (κ1) is 20.6. The van der Waals surface area contributed by atoms with Crippen LogP contribution in [0.4, 0.5) is 0 Å². The number of rotatable bonds is 6. The fraction of sp³-hybridized carbons (Fsp3) is 0.304. The summed E-state index contributed by atoms with van der Waals surface area (Å²) in [6.45, 7) is 5.58. The number of ether oxygens (including phenoxy) is 1. The molecule has 0 bridgehead atoms. The summed E-state index contributed by atoms with van der Waals surface area (Å²) in [5.41, 5.74) is 3.77. The lowest BCUT2D eigenvalue weighted by atomic mass is 10.0. The summed E-state index contributed by atoms with van der Waals surface area (Å²) in [7, 11) is 0. The number of hydrogen-bond donors (Lipinski definition) is 1. The largest absolute Gasteiger partial charge is 0.379 e. The maximum atomic E-state index is 12.8. The molecule has 1 aromatic heterocycles.